The van der Waals surface area contributed by atoms with Gasteiger partial charge in [-0.3, -0.25) is 0 Å². The van der Waals surface area contributed by atoms with Crippen molar-refractivity contribution in [1.82, 2.24) is 0 Å². The fourth-order valence-electron chi connectivity index (χ4n) is 2.81. The Hall–Kier alpha value is 0.234. The Morgan fingerprint density at radius 2 is 0.536 bits per heavy atom. The first-order valence-electron chi connectivity index (χ1n) is 9.50. The predicted molar refractivity (Wildman–Crippen MR) is 119 cm³/mol. The van der Waals surface area contributed by atoms with Crippen LogP contribution < -0.4 is 0 Å². The molecule has 0 saturated heterocycles. The molecule has 2 N–H and O–H groups in total. The van der Waals surface area contributed by atoms with Gasteiger partial charge in [0, 0.05) is 0 Å². The zero-order chi connectivity index (χ0) is 21.0. The third kappa shape index (κ3) is 8.94. The van der Waals surface area contributed by atoms with Gasteiger partial charge in [-0.2, -0.15) is 0 Å². The summed E-state index contributed by atoms with van der Waals surface area (Å²) in [5.74, 6) is 17.0. The predicted octanol–water partition coefficient (Wildman–Crippen LogP) is 6.74. The quantitative estimate of drug-likeness (QED) is 0.237. The molecule has 0 aromatic heterocycles. The van der Waals surface area contributed by atoms with E-state index in [2.05, 4.69) is 75.2 Å². The van der Waals surface area contributed by atoms with E-state index in [4.69, 9.17) is 6.42 Å². The smallest absolute Gasteiger partial charge is 0.693 e. The van der Waals surface area contributed by atoms with Crippen molar-refractivity contribution in [3.8, 4) is 5.92 Å². The summed E-state index contributed by atoms with van der Waals surface area (Å²) < 4.78 is 0. The molecular weight excluding hydrogens is 376 g/mol. The Balaban J connectivity index is -0.000000335. The molecule has 153 valence electrons. The largest absolute Gasteiger partial charge is 3.00 e. The first kappa shape index (κ1) is 32.9. The molecule has 0 unspecified atom stereocenters. The molecule has 2 aliphatic carbocycles. The number of hydrogen-bond acceptors (Lipinski definition) is 0. The first-order chi connectivity index (χ1) is 11.7. The molecule has 28 heavy (non-hydrogen) atoms. The molecule has 2 fully saturated rings. The van der Waals surface area contributed by atoms with Gasteiger partial charge >= 0.3 is 21.7 Å². The monoisotopic (exact) mass is 417 g/mol. The van der Waals surface area contributed by atoms with E-state index in [0.29, 0.717) is 0 Å². The summed E-state index contributed by atoms with van der Waals surface area (Å²) in [5.41, 5.74) is -0.0417. The Morgan fingerprint density at radius 3 is 0.571 bits per heavy atom. The van der Waals surface area contributed by atoms with Gasteiger partial charge < -0.3 is 17.8 Å². The fraction of sp³-hybridized carbons (Fsp3) is 0.538. The van der Waals surface area contributed by atoms with Crippen LogP contribution in [-0.4, -0.2) is 5.48 Å². The minimum atomic E-state index is -0.0417. The minimum Gasteiger partial charge on any atom is -0.693 e. The molecule has 2 saturated carbocycles. The normalized spacial score (nSPS) is 22.6. The van der Waals surface area contributed by atoms with E-state index in [9.17, 15) is 0 Å². The van der Waals surface area contributed by atoms with Crippen LogP contribution in [0.25, 0.3) is 0 Å². The molecule has 0 heterocycles. The second-order valence-corrected chi connectivity index (χ2v) is 8.62. The Labute approximate surface area is 193 Å². The van der Waals surface area contributed by atoms with Crippen molar-refractivity contribution in [1.29, 1.82) is 0 Å². The SMILES string of the molecule is C[C]1[C](C)[C](C)[C](C)[C]1C.C[C]1[C](C)[C](C)[C](C)[C]1C.O.[C-]#CC(C)(C)C.[Ti+3]. The van der Waals surface area contributed by atoms with Gasteiger partial charge in [-0.15, -0.1) is 0 Å². The molecule has 1 nitrogen and oxygen atoms in total. The van der Waals surface area contributed by atoms with Crippen molar-refractivity contribution < 1.29 is 27.2 Å². The van der Waals surface area contributed by atoms with Crippen LogP contribution in [0.5, 0.6) is 0 Å². The average molecular weight is 417 g/mol. The van der Waals surface area contributed by atoms with Crippen molar-refractivity contribution in [3.63, 3.8) is 0 Å². The van der Waals surface area contributed by atoms with E-state index in [1.807, 2.05) is 20.8 Å². The van der Waals surface area contributed by atoms with E-state index in [1.165, 1.54) is 59.2 Å². The molecule has 0 aliphatic heterocycles. The van der Waals surface area contributed by atoms with E-state index >= 15 is 0 Å². The molecule has 11 radical (unpaired) electrons. The summed E-state index contributed by atoms with van der Waals surface area (Å²) in [4.78, 5) is 0. The van der Waals surface area contributed by atoms with Gasteiger partial charge in [0.05, 0.1) is 0 Å². The molecule has 0 spiro atoms. The van der Waals surface area contributed by atoms with Crippen LogP contribution >= 0.6 is 0 Å². The van der Waals surface area contributed by atoms with Gasteiger partial charge in [0.25, 0.3) is 0 Å². The van der Waals surface area contributed by atoms with Gasteiger partial charge in [-0.25, -0.2) is 0 Å². The molecule has 0 bridgehead atoms. The Morgan fingerprint density at radius 1 is 0.464 bits per heavy atom. The molecule has 2 rings (SSSR count). The molecule has 2 aliphatic rings. The summed E-state index contributed by atoms with van der Waals surface area (Å²) >= 11 is 0. The molecule has 2 heteroatoms. The van der Waals surface area contributed by atoms with E-state index < -0.39 is 0 Å². The van der Waals surface area contributed by atoms with Gasteiger partial charge in [-0.05, 0) is 64.6 Å². The van der Waals surface area contributed by atoms with Crippen LogP contribution in [0.2, 0.25) is 0 Å². The van der Waals surface area contributed by atoms with Crippen molar-refractivity contribution in [2.24, 2.45) is 5.41 Å². The molecule has 0 amide bonds. The molecule has 0 aromatic rings. The summed E-state index contributed by atoms with van der Waals surface area (Å²) in [6.45, 7) is 27.8. The fourth-order valence-corrected chi connectivity index (χ4v) is 2.81. The molecule has 0 atom stereocenters. The summed E-state index contributed by atoms with van der Waals surface area (Å²) in [6.07, 6.45) is 6.60. The Bertz CT molecular complexity index is 327. The number of rotatable bonds is 0. The van der Waals surface area contributed by atoms with Crippen LogP contribution in [0.3, 0.4) is 0 Å². The summed E-state index contributed by atoms with van der Waals surface area (Å²) in [6, 6.07) is 0. The van der Waals surface area contributed by atoms with Crippen molar-refractivity contribution in [2.75, 3.05) is 0 Å². The second kappa shape index (κ2) is 13.5. The zero-order valence-corrected chi connectivity index (χ0v) is 22.1. The average Bonchev–Trinajstić information content (AvgIpc) is 2.86. The van der Waals surface area contributed by atoms with Gasteiger partial charge in [0.15, 0.2) is 0 Å². The van der Waals surface area contributed by atoms with Crippen LogP contribution in [0.1, 0.15) is 90.0 Å². The van der Waals surface area contributed by atoms with Crippen LogP contribution in [0.4, 0.5) is 0 Å². The maximum atomic E-state index is 6.60. The topological polar surface area (TPSA) is 31.5 Å². The van der Waals surface area contributed by atoms with Crippen LogP contribution in [-0.2, 0) is 21.7 Å². The molecular formula is C26H41OTi+2. The number of hydrogen-bond donors (Lipinski definition) is 0. The summed E-state index contributed by atoms with van der Waals surface area (Å²) in [5, 5.41) is 0. The first-order valence-corrected chi connectivity index (χ1v) is 9.50. The maximum absolute atomic E-state index is 6.60. The third-order valence-corrected chi connectivity index (χ3v) is 6.00. The maximum Gasteiger partial charge on any atom is 3.00 e. The van der Waals surface area contributed by atoms with E-state index in [-0.39, 0.29) is 32.6 Å². The van der Waals surface area contributed by atoms with Crippen molar-refractivity contribution in [2.45, 2.75) is 90.0 Å². The van der Waals surface area contributed by atoms with Crippen LogP contribution in [0.15, 0.2) is 0 Å². The van der Waals surface area contributed by atoms with E-state index in [0.717, 1.165) is 0 Å². The van der Waals surface area contributed by atoms with Gasteiger partial charge in [0.2, 0.25) is 0 Å². The van der Waals surface area contributed by atoms with Gasteiger partial charge in [-0.1, -0.05) is 90.0 Å². The standard InChI is InChI=1S/2C10H15.C6H9.H2O.Ti/c2*1-6-7(2)9(4)10(5)8(6)3;1-5-6(2,3)4;;/h2*1-5H3;2-4H3;1H2;/q;;-1;;+3. The minimum absolute atomic E-state index is 0. The summed E-state index contributed by atoms with van der Waals surface area (Å²) in [7, 11) is 0. The van der Waals surface area contributed by atoms with Crippen LogP contribution in [0, 0.1) is 76.9 Å². The third-order valence-electron chi connectivity index (χ3n) is 6.00. The van der Waals surface area contributed by atoms with Crippen molar-refractivity contribution >= 4 is 0 Å². The molecule has 0 aromatic carbocycles. The van der Waals surface area contributed by atoms with E-state index in [1.54, 1.807) is 0 Å². The van der Waals surface area contributed by atoms with Crippen molar-refractivity contribution in [3.05, 3.63) is 65.6 Å². The van der Waals surface area contributed by atoms with Gasteiger partial charge in [0.1, 0.15) is 0 Å². The second-order valence-electron chi connectivity index (χ2n) is 8.62. The Kier molecular flexibility index (Phi) is 15.9. The zero-order valence-electron chi connectivity index (χ0n) is 20.5.